The average molecular weight is 169 g/mol. The standard InChI is InChI=1S/C9H15NO2/c1-2-3-4-8-12-9(11)6-5-7-10/h2-6,8H2,1H3. The quantitative estimate of drug-likeness (QED) is 0.451. The lowest BCUT2D eigenvalue weighted by molar-refractivity contribution is -0.143. The van der Waals surface area contributed by atoms with Crippen LogP contribution in [0.5, 0.6) is 0 Å². The van der Waals surface area contributed by atoms with Gasteiger partial charge in [0.05, 0.1) is 19.1 Å². The molecule has 0 amide bonds. The van der Waals surface area contributed by atoms with E-state index in [0.29, 0.717) is 6.61 Å². The lowest BCUT2D eigenvalue weighted by atomic mass is 10.3. The fourth-order valence-corrected chi connectivity index (χ4v) is 0.768. The maximum absolute atomic E-state index is 10.8. The molecule has 0 saturated heterocycles. The Labute approximate surface area is 73.3 Å². The van der Waals surface area contributed by atoms with Crippen LogP contribution < -0.4 is 0 Å². The third-order valence-electron chi connectivity index (χ3n) is 1.45. The van der Waals surface area contributed by atoms with Gasteiger partial charge in [0.1, 0.15) is 0 Å². The summed E-state index contributed by atoms with van der Waals surface area (Å²) in [6.45, 7) is 2.59. The normalized spacial score (nSPS) is 9.00. The van der Waals surface area contributed by atoms with Crippen molar-refractivity contribution in [1.29, 1.82) is 5.26 Å². The molecule has 0 aromatic rings. The first kappa shape index (κ1) is 11.0. The summed E-state index contributed by atoms with van der Waals surface area (Å²) in [6.07, 6.45) is 3.62. The molecular formula is C9H15NO2. The zero-order valence-corrected chi connectivity index (χ0v) is 7.51. The molecule has 0 bridgehead atoms. The highest BCUT2D eigenvalue weighted by molar-refractivity contribution is 5.69. The largest absolute Gasteiger partial charge is 0.466 e. The molecule has 0 saturated carbocycles. The van der Waals surface area contributed by atoms with Crippen LogP contribution in [0.2, 0.25) is 0 Å². The molecule has 0 N–H and O–H groups in total. The maximum atomic E-state index is 10.8. The SMILES string of the molecule is CCCCCOC(=O)CCC#N. The van der Waals surface area contributed by atoms with Crippen LogP contribution in [0.25, 0.3) is 0 Å². The van der Waals surface area contributed by atoms with Gasteiger partial charge in [0.25, 0.3) is 0 Å². The van der Waals surface area contributed by atoms with E-state index in [1.54, 1.807) is 0 Å². The first-order chi connectivity index (χ1) is 5.81. The third-order valence-corrected chi connectivity index (χ3v) is 1.45. The van der Waals surface area contributed by atoms with Gasteiger partial charge in [-0.3, -0.25) is 4.79 Å². The van der Waals surface area contributed by atoms with Crippen molar-refractivity contribution in [3.8, 4) is 6.07 Å². The Bertz CT molecular complexity index is 160. The molecule has 0 fully saturated rings. The topological polar surface area (TPSA) is 50.1 Å². The Morgan fingerprint density at radius 3 is 2.83 bits per heavy atom. The van der Waals surface area contributed by atoms with Gasteiger partial charge in [-0.1, -0.05) is 19.8 Å². The Hall–Kier alpha value is -1.04. The van der Waals surface area contributed by atoms with E-state index in [0.717, 1.165) is 19.3 Å². The number of hydrogen-bond acceptors (Lipinski definition) is 3. The highest BCUT2D eigenvalue weighted by Crippen LogP contribution is 1.96. The van der Waals surface area contributed by atoms with Crippen LogP contribution >= 0.6 is 0 Å². The summed E-state index contributed by atoms with van der Waals surface area (Å²) in [5.41, 5.74) is 0. The number of nitrogens with zero attached hydrogens (tertiary/aromatic N) is 1. The molecule has 0 aromatic heterocycles. The number of carbonyl (C=O) groups excluding carboxylic acids is 1. The molecule has 3 heteroatoms. The third kappa shape index (κ3) is 7.07. The zero-order valence-electron chi connectivity index (χ0n) is 7.51. The lowest BCUT2D eigenvalue weighted by Crippen LogP contribution is -2.04. The summed E-state index contributed by atoms with van der Waals surface area (Å²) < 4.78 is 4.86. The van der Waals surface area contributed by atoms with E-state index in [4.69, 9.17) is 10.00 Å². The number of esters is 1. The smallest absolute Gasteiger partial charge is 0.306 e. The first-order valence-electron chi connectivity index (χ1n) is 4.33. The molecule has 0 spiro atoms. The number of carbonyl (C=O) groups is 1. The van der Waals surface area contributed by atoms with Crippen LogP contribution in [-0.4, -0.2) is 12.6 Å². The minimum Gasteiger partial charge on any atom is -0.466 e. The predicted octanol–water partition coefficient (Wildman–Crippen LogP) is 2.02. The predicted molar refractivity (Wildman–Crippen MR) is 45.3 cm³/mol. The van der Waals surface area contributed by atoms with Crippen LogP contribution in [0.15, 0.2) is 0 Å². The molecule has 0 aliphatic carbocycles. The molecule has 0 atom stereocenters. The van der Waals surface area contributed by atoms with Crippen molar-refractivity contribution in [2.75, 3.05) is 6.61 Å². The molecule has 0 aliphatic rings. The number of unbranched alkanes of at least 4 members (excludes halogenated alkanes) is 2. The Morgan fingerprint density at radius 2 is 2.25 bits per heavy atom. The zero-order chi connectivity index (χ0) is 9.23. The Balaban J connectivity index is 3.15. The van der Waals surface area contributed by atoms with Crippen LogP contribution in [0.3, 0.4) is 0 Å². The van der Waals surface area contributed by atoms with Crippen LogP contribution in [-0.2, 0) is 9.53 Å². The highest BCUT2D eigenvalue weighted by atomic mass is 16.5. The van der Waals surface area contributed by atoms with Gasteiger partial charge in [0.15, 0.2) is 0 Å². The van der Waals surface area contributed by atoms with Crippen LogP contribution in [0.4, 0.5) is 0 Å². The molecule has 0 radical (unpaired) electrons. The second kappa shape index (κ2) is 8.06. The molecule has 0 unspecified atom stereocenters. The fraction of sp³-hybridized carbons (Fsp3) is 0.778. The maximum Gasteiger partial charge on any atom is 0.306 e. The average Bonchev–Trinajstić information content (AvgIpc) is 2.09. The van der Waals surface area contributed by atoms with Crippen molar-refractivity contribution in [2.45, 2.75) is 39.0 Å². The minimum absolute atomic E-state index is 0.225. The molecule has 68 valence electrons. The van der Waals surface area contributed by atoms with Crippen LogP contribution in [0, 0.1) is 11.3 Å². The van der Waals surface area contributed by atoms with Crippen molar-refractivity contribution in [3.05, 3.63) is 0 Å². The Morgan fingerprint density at radius 1 is 1.50 bits per heavy atom. The molecule has 0 heterocycles. The van der Waals surface area contributed by atoms with E-state index in [1.807, 2.05) is 6.07 Å². The second-order valence-electron chi connectivity index (χ2n) is 2.59. The minimum atomic E-state index is -0.257. The molecule has 0 rings (SSSR count). The number of ether oxygens (including phenoxy) is 1. The second-order valence-corrected chi connectivity index (χ2v) is 2.59. The van der Waals surface area contributed by atoms with Gasteiger partial charge in [-0.05, 0) is 6.42 Å². The lowest BCUT2D eigenvalue weighted by Gasteiger charge is -2.01. The fourth-order valence-electron chi connectivity index (χ4n) is 0.768. The summed E-state index contributed by atoms with van der Waals surface area (Å²) in [7, 11) is 0. The van der Waals surface area contributed by atoms with Gasteiger partial charge in [-0.2, -0.15) is 5.26 Å². The number of rotatable bonds is 6. The van der Waals surface area contributed by atoms with Crippen molar-refractivity contribution in [3.63, 3.8) is 0 Å². The van der Waals surface area contributed by atoms with E-state index in [9.17, 15) is 4.79 Å². The summed E-state index contributed by atoms with van der Waals surface area (Å²) in [5, 5.41) is 8.17. The molecular weight excluding hydrogens is 154 g/mol. The van der Waals surface area contributed by atoms with Crippen molar-refractivity contribution < 1.29 is 9.53 Å². The van der Waals surface area contributed by atoms with E-state index in [1.165, 1.54) is 0 Å². The van der Waals surface area contributed by atoms with Gasteiger partial charge in [0, 0.05) is 6.42 Å². The van der Waals surface area contributed by atoms with Crippen molar-refractivity contribution in [1.82, 2.24) is 0 Å². The van der Waals surface area contributed by atoms with Gasteiger partial charge in [-0.15, -0.1) is 0 Å². The number of nitriles is 1. The summed E-state index contributed by atoms with van der Waals surface area (Å²) in [4.78, 5) is 10.8. The summed E-state index contributed by atoms with van der Waals surface area (Å²) >= 11 is 0. The van der Waals surface area contributed by atoms with E-state index in [2.05, 4.69) is 6.92 Å². The molecule has 3 nitrogen and oxygen atoms in total. The monoisotopic (exact) mass is 169 g/mol. The molecule has 0 aliphatic heterocycles. The summed E-state index contributed by atoms with van der Waals surface area (Å²) in [5.74, 6) is -0.257. The van der Waals surface area contributed by atoms with Gasteiger partial charge in [-0.25, -0.2) is 0 Å². The van der Waals surface area contributed by atoms with Gasteiger partial charge in [0.2, 0.25) is 0 Å². The van der Waals surface area contributed by atoms with Crippen molar-refractivity contribution in [2.24, 2.45) is 0 Å². The summed E-state index contributed by atoms with van der Waals surface area (Å²) in [6, 6.07) is 1.90. The van der Waals surface area contributed by atoms with E-state index < -0.39 is 0 Å². The molecule has 0 aromatic carbocycles. The highest BCUT2D eigenvalue weighted by Gasteiger charge is 2.00. The first-order valence-corrected chi connectivity index (χ1v) is 4.33. The Kier molecular flexibility index (Phi) is 7.36. The van der Waals surface area contributed by atoms with E-state index in [-0.39, 0.29) is 18.8 Å². The van der Waals surface area contributed by atoms with Gasteiger partial charge < -0.3 is 4.74 Å². The van der Waals surface area contributed by atoms with Crippen molar-refractivity contribution >= 4 is 5.97 Å². The van der Waals surface area contributed by atoms with E-state index >= 15 is 0 Å². The number of hydrogen-bond donors (Lipinski definition) is 0. The molecule has 12 heavy (non-hydrogen) atoms. The van der Waals surface area contributed by atoms with Crippen LogP contribution in [0.1, 0.15) is 39.0 Å². The van der Waals surface area contributed by atoms with Gasteiger partial charge >= 0.3 is 5.97 Å².